The minimum Gasteiger partial charge on any atom is -0.493 e. The monoisotopic (exact) mass is 443 g/mol. The molecule has 1 amide bonds. The number of halogens is 1. The number of benzene rings is 2. The Balaban J connectivity index is 1.71. The van der Waals surface area contributed by atoms with E-state index >= 15 is 0 Å². The number of nitrogens with one attached hydrogen (secondary N) is 2. The summed E-state index contributed by atoms with van der Waals surface area (Å²) in [6.45, 7) is 4.59. The molecule has 9 heteroatoms. The fraction of sp³-hybridized carbons (Fsp3) is 0.227. The molecule has 0 aliphatic rings. The summed E-state index contributed by atoms with van der Waals surface area (Å²) in [6, 6.07) is 10.3. The Kier molecular flexibility index (Phi) is 7.15. The largest absolute Gasteiger partial charge is 0.493 e. The molecule has 3 rings (SSSR count). The van der Waals surface area contributed by atoms with Gasteiger partial charge in [-0.25, -0.2) is 4.79 Å². The molecular formula is C22H22ClN3O5. The molecule has 0 unspecified atom stereocenters. The van der Waals surface area contributed by atoms with Crippen LogP contribution in [0, 0.1) is 5.92 Å². The van der Waals surface area contributed by atoms with Crippen molar-refractivity contribution in [3.8, 4) is 22.9 Å². The quantitative estimate of drug-likeness (QED) is 0.500. The number of aromatic amines is 1. The van der Waals surface area contributed by atoms with Crippen LogP contribution < -0.4 is 20.5 Å². The highest BCUT2D eigenvalue weighted by Gasteiger charge is 2.12. The minimum atomic E-state index is -0.651. The third kappa shape index (κ3) is 5.99. The summed E-state index contributed by atoms with van der Waals surface area (Å²) < 4.78 is 15.6. The second-order valence-electron chi connectivity index (χ2n) is 7.09. The number of amides is 1. The second kappa shape index (κ2) is 9.99. The lowest BCUT2D eigenvalue weighted by atomic mass is 10.1. The lowest BCUT2D eigenvalue weighted by molar-refractivity contribution is -0.111. The fourth-order valence-electron chi connectivity index (χ4n) is 2.68. The van der Waals surface area contributed by atoms with Gasteiger partial charge in [0.1, 0.15) is 0 Å². The van der Waals surface area contributed by atoms with Crippen molar-refractivity contribution in [2.24, 2.45) is 5.92 Å². The standard InChI is InChI=1S/C22H22ClN3O5/c1-13(2)12-30-20-17(23)9-14(10-18(20)29-3)7-8-19(27)24-16-6-4-5-15(11-16)21-25-22(28)31-26-21/h4-11,13H,12H2,1-3H3,(H,24,27)(H,25,26,28)/b8-7+. The van der Waals surface area contributed by atoms with Crippen LogP contribution in [0.25, 0.3) is 17.5 Å². The molecule has 162 valence electrons. The van der Waals surface area contributed by atoms with Crippen LogP contribution in [-0.2, 0) is 4.79 Å². The van der Waals surface area contributed by atoms with Crippen molar-refractivity contribution < 1.29 is 18.8 Å². The Hall–Kier alpha value is -3.52. The first kappa shape index (κ1) is 22.2. The van der Waals surface area contributed by atoms with Gasteiger partial charge in [-0.3, -0.25) is 14.3 Å². The van der Waals surface area contributed by atoms with E-state index in [0.29, 0.717) is 45.9 Å². The van der Waals surface area contributed by atoms with Gasteiger partial charge in [0.05, 0.1) is 18.7 Å². The van der Waals surface area contributed by atoms with Crippen LogP contribution in [0.1, 0.15) is 19.4 Å². The highest BCUT2D eigenvalue weighted by atomic mass is 35.5. The van der Waals surface area contributed by atoms with Gasteiger partial charge in [0.2, 0.25) is 5.91 Å². The van der Waals surface area contributed by atoms with Crippen LogP contribution in [0.3, 0.4) is 0 Å². The molecule has 0 radical (unpaired) electrons. The van der Waals surface area contributed by atoms with E-state index in [1.807, 2.05) is 13.8 Å². The van der Waals surface area contributed by atoms with Gasteiger partial charge >= 0.3 is 5.76 Å². The summed E-state index contributed by atoms with van der Waals surface area (Å²) in [6.07, 6.45) is 3.00. The van der Waals surface area contributed by atoms with E-state index in [1.54, 1.807) is 42.5 Å². The highest BCUT2D eigenvalue weighted by molar-refractivity contribution is 6.32. The number of rotatable bonds is 8. The molecule has 0 aliphatic heterocycles. The average molecular weight is 444 g/mol. The number of anilines is 1. The van der Waals surface area contributed by atoms with Crippen molar-refractivity contribution in [2.45, 2.75) is 13.8 Å². The van der Waals surface area contributed by atoms with Crippen molar-refractivity contribution in [1.82, 2.24) is 10.1 Å². The number of nitrogens with zero attached hydrogens (tertiary/aromatic N) is 1. The first-order valence-corrected chi connectivity index (χ1v) is 9.89. The van der Waals surface area contributed by atoms with Crippen molar-refractivity contribution in [2.75, 3.05) is 19.0 Å². The van der Waals surface area contributed by atoms with Crippen LogP contribution in [0.2, 0.25) is 5.02 Å². The molecule has 1 aromatic heterocycles. The third-order valence-corrected chi connectivity index (χ3v) is 4.36. The average Bonchev–Trinajstić information content (AvgIpc) is 3.17. The predicted octanol–water partition coefficient (Wildman–Crippen LogP) is 4.38. The maximum atomic E-state index is 12.3. The van der Waals surface area contributed by atoms with E-state index in [9.17, 15) is 9.59 Å². The summed E-state index contributed by atoms with van der Waals surface area (Å²) in [7, 11) is 1.53. The third-order valence-electron chi connectivity index (χ3n) is 4.08. The molecule has 0 fully saturated rings. The van der Waals surface area contributed by atoms with Crippen LogP contribution in [0.15, 0.2) is 51.8 Å². The summed E-state index contributed by atoms with van der Waals surface area (Å²) in [5.74, 6) is 0.582. The Morgan fingerprint density at radius 1 is 1.32 bits per heavy atom. The van der Waals surface area contributed by atoms with Gasteiger partial charge in [-0.2, -0.15) is 0 Å². The van der Waals surface area contributed by atoms with E-state index < -0.39 is 5.76 Å². The van der Waals surface area contributed by atoms with E-state index in [4.69, 9.17) is 21.1 Å². The van der Waals surface area contributed by atoms with Crippen LogP contribution in [0.5, 0.6) is 11.5 Å². The SMILES string of the molecule is COc1cc(/C=C/C(=O)Nc2cccc(-c3noc(=O)[nH]3)c2)cc(Cl)c1OCC(C)C. The number of carbonyl (C=O) groups is 1. The first-order chi connectivity index (χ1) is 14.9. The summed E-state index contributed by atoms with van der Waals surface area (Å²) in [5, 5.41) is 6.78. The molecule has 2 aromatic carbocycles. The van der Waals surface area contributed by atoms with Gasteiger partial charge in [0.15, 0.2) is 17.3 Å². The normalized spacial score (nSPS) is 11.1. The molecule has 0 spiro atoms. The van der Waals surface area contributed by atoms with Crippen molar-refractivity contribution >= 4 is 29.3 Å². The van der Waals surface area contributed by atoms with Crippen LogP contribution in [0.4, 0.5) is 5.69 Å². The first-order valence-electron chi connectivity index (χ1n) is 9.51. The van der Waals surface area contributed by atoms with Gasteiger partial charge in [-0.1, -0.05) is 42.7 Å². The number of H-pyrrole nitrogens is 1. The highest BCUT2D eigenvalue weighted by Crippen LogP contribution is 2.37. The maximum Gasteiger partial charge on any atom is 0.439 e. The number of hydrogen-bond acceptors (Lipinski definition) is 6. The molecule has 0 bridgehead atoms. The lowest BCUT2D eigenvalue weighted by Crippen LogP contribution is -2.08. The molecule has 2 N–H and O–H groups in total. The van der Waals surface area contributed by atoms with Gasteiger partial charge in [0.25, 0.3) is 0 Å². The van der Waals surface area contributed by atoms with Gasteiger partial charge in [-0.05, 0) is 41.8 Å². The summed E-state index contributed by atoms with van der Waals surface area (Å²) >= 11 is 6.34. The van der Waals surface area contributed by atoms with Crippen molar-refractivity contribution in [3.05, 3.63) is 63.6 Å². The van der Waals surface area contributed by atoms with Crippen molar-refractivity contribution in [1.29, 1.82) is 0 Å². The molecule has 0 atom stereocenters. The van der Waals surface area contributed by atoms with E-state index in [1.165, 1.54) is 13.2 Å². The molecule has 8 nitrogen and oxygen atoms in total. The van der Waals surface area contributed by atoms with Gasteiger partial charge in [0, 0.05) is 17.3 Å². The van der Waals surface area contributed by atoms with Crippen LogP contribution in [-0.4, -0.2) is 29.8 Å². The smallest absolute Gasteiger partial charge is 0.439 e. The van der Waals surface area contributed by atoms with Crippen molar-refractivity contribution in [3.63, 3.8) is 0 Å². The Morgan fingerprint density at radius 2 is 2.13 bits per heavy atom. The zero-order valence-corrected chi connectivity index (χ0v) is 18.0. The molecule has 1 heterocycles. The van der Waals surface area contributed by atoms with Gasteiger partial charge < -0.3 is 14.8 Å². The molecule has 3 aromatic rings. The van der Waals surface area contributed by atoms with Gasteiger partial charge in [-0.15, -0.1) is 0 Å². The number of methoxy groups -OCH3 is 1. The fourth-order valence-corrected chi connectivity index (χ4v) is 2.95. The maximum absolute atomic E-state index is 12.3. The van der Waals surface area contributed by atoms with E-state index in [0.717, 1.165) is 0 Å². The molecule has 0 saturated heterocycles. The Labute approximate surface area is 183 Å². The second-order valence-corrected chi connectivity index (χ2v) is 7.49. The number of hydrogen-bond donors (Lipinski definition) is 2. The predicted molar refractivity (Wildman–Crippen MR) is 119 cm³/mol. The molecule has 31 heavy (non-hydrogen) atoms. The van der Waals surface area contributed by atoms with Crippen LogP contribution >= 0.6 is 11.6 Å². The summed E-state index contributed by atoms with van der Waals surface area (Å²) in [5.41, 5.74) is 1.81. The molecular weight excluding hydrogens is 422 g/mol. The number of aromatic nitrogens is 2. The molecule has 0 saturated carbocycles. The zero-order chi connectivity index (χ0) is 22.4. The minimum absolute atomic E-state index is 0.276. The van der Waals surface area contributed by atoms with E-state index in [2.05, 4.69) is 20.0 Å². The summed E-state index contributed by atoms with van der Waals surface area (Å²) in [4.78, 5) is 25.9. The molecule has 0 aliphatic carbocycles. The number of ether oxygens (including phenoxy) is 2. The lowest BCUT2D eigenvalue weighted by Gasteiger charge is -2.14. The number of carbonyl (C=O) groups excluding carboxylic acids is 1. The Morgan fingerprint density at radius 3 is 2.81 bits per heavy atom. The van der Waals surface area contributed by atoms with E-state index in [-0.39, 0.29) is 11.7 Å². The topological polar surface area (TPSA) is 106 Å². The zero-order valence-electron chi connectivity index (χ0n) is 17.3. The Bertz CT molecular complexity index is 1150.